The molecule has 0 unspecified atom stereocenters. The van der Waals surface area contributed by atoms with Gasteiger partial charge in [-0.05, 0) is 23.6 Å². The van der Waals surface area contributed by atoms with E-state index in [0.717, 1.165) is 17.7 Å². The second kappa shape index (κ2) is 11.5. The zero-order valence-electron chi connectivity index (χ0n) is 17.8. The molecule has 0 aliphatic rings. The lowest BCUT2D eigenvalue weighted by Crippen LogP contribution is -2.46. The van der Waals surface area contributed by atoms with Gasteiger partial charge < -0.3 is 15.4 Å². The molecular weight excluding hydrogens is 493 g/mol. The highest BCUT2D eigenvalue weighted by molar-refractivity contribution is 7.89. The van der Waals surface area contributed by atoms with Crippen molar-refractivity contribution in [2.75, 3.05) is 11.9 Å². The number of anilines is 1. The van der Waals surface area contributed by atoms with Crippen molar-refractivity contribution in [3.63, 3.8) is 0 Å². The Morgan fingerprint density at radius 3 is 2.12 bits per heavy atom. The summed E-state index contributed by atoms with van der Waals surface area (Å²) in [6, 6.07) is 10.1. The Hall–Kier alpha value is -2.66. The summed E-state index contributed by atoms with van der Waals surface area (Å²) < 4.78 is 27.9. The maximum atomic E-state index is 12.5. The molecule has 2 aromatic rings. The first-order chi connectivity index (χ1) is 15.4. The van der Waals surface area contributed by atoms with E-state index in [-0.39, 0.29) is 38.9 Å². The van der Waals surface area contributed by atoms with Crippen LogP contribution in [0.3, 0.4) is 0 Å². The predicted octanol–water partition coefficient (Wildman–Crippen LogP) is 2.51. The summed E-state index contributed by atoms with van der Waals surface area (Å²) >= 11 is 12.0. The molecule has 1 atom stereocenters. The van der Waals surface area contributed by atoms with Crippen LogP contribution in [0.25, 0.3) is 0 Å². The molecular formula is C21H23Cl2N3O6S. The average molecular weight is 516 g/mol. The number of nitrogens with one attached hydrogen (secondary N) is 2. The molecule has 0 radical (unpaired) electrons. The number of esters is 1. The van der Waals surface area contributed by atoms with Crippen molar-refractivity contribution >= 4 is 56.7 Å². The van der Waals surface area contributed by atoms with Crippen molar-refractivity contribution in [1.82, 2.24) is 5.32 Å². The van der Waals surface area contributed by atoms with E-state index < -0.39 is 34.5 Å². The van der Waals surface area contributed by atoms with Crippen LogP contribution < -0.4 is 15.8 Å². The fraction of sp³-hybridized carbons (Fsp3) is 0.286. The van der Waals surface area contributed by atoms with Crippen molar-refractivity contribution in [3.8, 4) is 0 Å². The number of nitrogens with two attached hydrogens (primary N) is 1. The van der Waals surface area contributed by atoms with Crippen LogP contribution in [0.15, 0.2) is 47.4 Å². The molecule has 0 bridgehead atoms. The fourth-order valence-corrected chi connectivity index (χ4v) is 4.01. The molecule has 2 rings (SSSR count). The number of amides is 2. The maximum Gasteiger partial charge on any atom is 0.329 e. The first-order valence-electron chi connectivity index (χ1n) is 9.70. The fourth-order valence-electron chi connectivity index (χ4n) is 2.74. The molecule has 0 saturated heterocycles. The van der Waals surface area contributed by atoms with E-state index in [0.29, 0.717) is 0 Å². The highest BCUT2D eigenvalue weighted by Crippen LogP contribution is 2.33. The van der Waals surface area contributed by atoms with E-state index >= 15 is 0 Å². The van der Waals surface area contributed by atoms with Crippen molar-refractivity contribution in [2.45, 2.75) is 31.2 Å². The van der Waals surface area contributed by atoms with Crippen LogP contribution in [-0.4, -0.2) is 38.9 Å². The molecule has 0 aliphatic heterocycles. The summed E-state index contributed by atoms with van der Waals surface area (Å²) in [5.41, 5.74) is 0.718. The number of sulfonamides is 1. The standard InChI is InChI=1S/C21H23Cl2N3O6S/c1-12(2)19(25-17(27)8-13-6-4-3-5-7-13)21(29)32-11-18(28)26-20-15(22)9-14(10-16(20)23)33(24,30)31/h3-7,9-10,12,19H,8,11H2,1-2H3,(H,25,27)(H,26,28)(H2,24,30,31)/t19-/m1/s1. The van der Waals surface area contributed by atoms with E-state index in [1.54, 1.807) is 38.1 Å². The number of benzene rings is 2. The normalized spacial score (nSPS) is 12.2. The summed E-state index contributed by atoms with van der Waals surface area (Å²) in [7, 11) is -4.05. The summed E-state index contributed by atoms with van der Waals surface area (Å²) in [4.78, 5) is 36.7. The van der Waals surface area contributed by atoms with Gasteiger partial charge in [-0.15, -0.1) is 0 Å². The maximum absolute atomic E-state index is 12.5. The third kappa shape index (κ3) is 8.01. The number of ether oxygens (including phenoxy) is 1. The minimum Gasteiger partial charge on any atom is -0.454 e. The lowest BCUT2D eigenvalue weighted by molar-refractivity contribution is -0.151. The topological polar surface area (TPSA) is 145 Å². The number of hydrogen-bond acceptors (Lipinski definition) is 6. The van der Waals surface area contributed by atoms with E-state index in [1.807, 2.05) is 6.07 Å². The molecule has 0 fully saturated rings. The lowest BCUT2D eigenvalue weighted by atomic mass is 10.0. The van der Waals surface area contributed by atoms with Gasteiger partial charge in [0.25, 0.3) is 5.91 Å². The number of primary sulfonamides is 1. The van der Waals surface area contributed by atoms with E-state index in [9.17, 15) is 22.8 Å². The molecule has 4 N–H and O–H groups in total. The van der Waals surface area contributed by atoms with Gasteiger partial charge in [0, 0.05) is 0 Å². The number of halogens is 2. The average Bonchev–Trinajstić information content (AvgIpc) is 2.72. The number of carbonyl (C=O) groups excluding carboxylic acids is 3. The Balaban J connectivity index is 1.97. The first kappa shape index (κ1) is 26.6. The van der Waals surface area contributed by atoms with Crippen molar-refractivity contribution in [1.29, 1.82) is 0 Å². The van der Waals surface area contributed by atoms with Crippen LogP contribution >= 0.6 is 23.2 Å². The van der Waals surface area contributed by atoms with Crippen LogP contribution in [0.5, 0.6) is 0 Å². The molecule has 0 saturated carbocycles. The Kier molecular flexibility index (Phi) is 9.24. The second-order valence-corrected chi connectivity index (χ2v) is 9.79. The first-order valence-corrected chi connectivity index (χ1v) is 12.0. The van der Waals surface area contributed by atoms with Crippen molar-refractivity contribution < 1.29 is 27.5 Å². The number of carbonyl (C=O) groups is 3. The smallest absolute Gasteiger partial charge is 0.329 e. The zero-order chi connectivity index (χ0) is 24.8. The van der Waals surface area contributed by atoms with Gasteiger partial charge in [-0.3, -0.25) is 9.59 Å². The van der Waals surface area contributed by atoms with Crippen molar-refractivity contribution in [2.24, 2.45) is 11.1 Å². The van der Waals surface area contributed by atoms with Gasteiger partial charge >= 0.3 is 5.97 Å². The molecule has 2 amide bonds. The third-order valence-corrected chi connectivity index (χ3v) is 5.89. The van der Waals surface area contributed by atoms with Crippen molar-refractivity contribution in [3.05, 3.63) is 58.1 Å². The minimum absolute atomic E-state index is 0.0663. The Bertz CT molecular complexity index is 1120. The summed E-state index contributed by atoms with van der Waals surface area (Å²) in [5.74, 6) is -2.22. The molecule has 12 heteroatoms. The summed E-state index contributed by atoms with van der Waals surface area (Å²) in [5, 5.41) is 9.67. The van der Waals surface area contributed by atoms with Gasteiger partial charge in [0.1, 0.15) is 6.04 Å². The van der Waals surface area contributed by atoms with Crippen LogP contribution in [0.2, 0.25) is 10.0 Å². The Morgan fingerprint density at radius 2 is 1.61 bits per heavy atom. The molecule has 0 heterocycles. The summed E-state index contributed by atoms with van der Waals surface area (Å²) in [6.07, 6.45) is 0.0866. The SMILES string of the molecule is CC(C)[C@@H](NC(=O)Cc1ccccc1)C(=O)OCC(=O)Nc1c(Cl)cc(S(N)(=O)=O)cc1Cl. The minimum atomic E-state index is -4.05. The number of rotatable bonds is 9. The Morgan fingerprint density at radius 1 is 1.03 bits per heavy atom. The van der Waals surface area contributed by atoms with Gasteiger partial charge in [0.15, 0.2) is 6.61 Å². The summed E-state index contributed by atoms with van der Waals surface area (Å²) in [6.45, 7) is 2.77. The molecule has 0 aliphatic carbocycles. The Labute approximate surface area is 201 Å². The molecule has 9 nitrogen and oxygen atoms in total. The second-order valence-electron chi connectivity index (χ2n) is 7.41. The van der Waals surface area contributed by atoms with E-state index in [4.69, 9.17) is 33.1 Å². The van der Waals surface area contributed by atoms with E-state index in [2.05, 4.69) is 10.6 Å². The van der Waals surface area contributed by atoms with Crippen LogP contribution in [0, 0.1) is 5.92 Å². The molecule has 33 heavy (non-hydrogen) atoms. The third-order valence-electron chi connectivity index (χ3n) is 4.40. The zero-order valence-corrected chi connectivity index (χ0v) is 20.1. The molecule has 178 valence electrons. The van der Waals surface area contributed by atoms with Crippen LogP contribution in [0.4, 0.5) is 5.69 Å². The van der Waals surface area contributed by atoms with Gasteiger partial charge in [-0.25, -0.2) is 18.4 Å². The highest BCUT2D eigenvalue weighted by atomic mass is 35.5. The lowest BCUT2D eigenvalue weighted by Gasteiger charge is -2.21. The molecule has 2 aromatic carbocycles. The van der Waals surface area contributed by atoms with Gasteiger partial charge in [0.2, 0.25) is 15.9 Å². The number of hydrogen-bond donors (Lipinski definition) is 3. The monoisotopic (exact) mass is 515 g/mol. The van der Waals surface area contributed by atoms with E-state index in [1.165, 1.54) is 0 Å². The molecule has 0 aromatic heterocycles. The van der Waals surface area contributed by atoms with Gasteiger partial charge in [-0.2, -0.15) is 0 Å². The quantitative estimate of drug-likeness (QED) is 0.437. The van der Waals surface area contributed by atoms with Gasteiger partial charge in [0.05, 0.1) is 27.0 Å². The van der Waals surface area contributed by atoms with Crippen LogP contribution in [0.1, 0.15) is 19.4 Å². The molecule has 0 spiro atoms. The van der Waals surface area contributed by atoms with Crippen LogP contribution in [-0.2, 0) is 35.6 Å². The predicted molar refractivity (Wildman–Crippen MR) is 124 cm³/mol. The highest BCUT2D eigenvalue weighted by Gasteiger charge is 2.26. The largest absolute Gasteiger partial charge is 0.454 e. The van der Waals surface area contributed by atoms with Gasteiger partial charge in [-0.1, -0.05) is 67.4 Å².